The molecule has 2 rings (SSSR count). The summed E-state index contributed by atoms with van der Waals surface area (Å²) in [4.78, 5) is 8.91. The maximum absolute atomic E-state index is 5.65. The van der Waals surface area contributed by atoms with Crippen molar-refractivity contribution in [2.24, 2.45) is 5.73 Å². The smallest absolute Gasteiger partial charge is 0.163 e. The van der Waals surface area contributed by atoms with Crippen LogP contribution in [0.5, 0.6) is 0 Å². The summed E-state index contributed by atoms with van der Waals surface area (Å²) in [7, 11) is 0. The Hall–Kier alpha value is -1.68. The molecule has 2 aromatic heterocycles. The van der Waals surface area contributed by atoms with Crippen molar-refractivity contribution in [2.75, 3.05) is 0 Å². The molecular formula is C12H15N3O. The molecule has 0 fully saturated rings. The lowest BCUT2D eigenvalue weighted by Crippen LogP contribution is -2.07. The van der Waals surface area contributed by atoms with Crippen LogP contribution in [0.1, 0.15) is 22.7 Å². The summed E-state index contributed by atoms with van der Waals surface area (Å²) in [6.07, 6.45) is 1.65. The third-order valence-corrected chi connectivity index (χ3v) is 2.72. The molecule has 0 aliphatic heterocycles. The molecule has 0 unspecified atom stereocenters. The number of aromatic nitrogens is 2. The van der Waals surface area contributed by atoms with E-state index in [1.54, 1.807) is 6.26 Å². The highest BCUT2D eigenvalue weighted by Gasteiger charge is 2.11. The molecule has 0 radical (unpaired) electrons. The zero-order chi connectivity index (χ0) is 11.7. The second-order valence-electron chi connectivity index (χ2n) is 3.79. The van der Waals surface area contributed by atoms with Gasteiger partial charge in [-0.3, -0.25) is 0 Å². The quantitative estimate of drug-likeness (QED) is 0.836. The van der Waals surface area contributed by atoms with Gasteiger partial charge in [0.05, 0.1) is 11.8 Å². The zero-order valence-corrected chi connectivity index (χ0v) is 9.74. The molecule has 0 aliphatic rings. The van der Waals surface area contributed by atoms with Crippen molar-refractivity contribution in [3.05, 3.63) is 35.0 Å². The summed E-state index contributed by atoms with van der Waals surface area (Å²) < 4.78 is 5.25. The molecule has 16 heavy (non-hydrogen) atoms. The van der Waals surface area contributed by atoms with Crippen molar-refractivity contribution in [2.45, 2.75) is 27.3 Å². The molecule has 4 heteroatoms. The molecule has 0 spiro atoms. The Kier molecular flexibility index (Phi) is 2.75. The highest BCUT2D eigenvalue weighted by Crippen LogP contribution is 2.22. The first-order valence-electron chi connectivity index (χ1n) is 5.22. The van der Waals surface area contributed by atoms with E-state index in [1.807, 2.05) is 26.8 Å². The molecular weight excluding hydrogens is 202 g/mol. The van der Waals surface area contributed by atoms with Crippen molar-refractivity contribution >= 4 is 0 Å². The van der Waals surface area contributed by atoms with Gasteiger partial charge in [0.1, 0.15) is 5.76 Å². The van der Waals surface area contributed by atoms with Gasteiger partial charge in [-0.2, -0.15) is 0 Å². The lowest BCUT2D eigenvalue weighted by Gasteiger charge is -2.08. The minimum atomic E-state index is 0.475. The summed E-state index contributed by atoms with van der Waals surface area (Å²) in [5.74, 6) is 1.54. The fourth-order valence-corrected chi connectivity index (χ4v) is 1.77. The van der Waals surface area contributed by atoms with Crippen molar-refractivity contribution < 1.29 is 4.42 Å². The molecule has 84 valence electrons. The first-order valence-corrected chi connectivity index (χ1v) is 5.22. The number of hydrogen-bond acceptors (Lipinski definition) is 4. The summed E-state index contributed by atoms with van der Waals surface area (Å²) in [6, 6.07) is 1.88. The Morgan fingerprint density at radius 2 is 1.81 bits per heavy atom. The predicted molar refractivity (Wildman–Crippen MR) is 61.8 cm³/mol. The van der Waals surface area contributed by atoms with E-state index in [0.29, 0.717) is 12.4 Å². The summed E-state index contributed by atoms with van der Waals surface area (Å²) in [5, 5.41) is 0. The summed E-state index contributed by atoms with van der Waals surface area (Å²) in [5.41, 5.74) is 9.48. The molecule has 0 aliphatic carbocycles. The number of hydrogen-bond donors (Lipinski definition) is 1. The third kappa shape index (κ3) is 1.72. The van der Waals surface area contributed by atoms with Crippen LogP contribution in [-0.4, -0.2) is 9.97 Å². The van der Waals surface area contributed by atoms with E-state index >= 15 is 0 Å². The Balaban J connectivity index is 2.57. The number of nitrogens with zero attached hydrogens (tertiary/aromatic N) is 2. The highest BCUT2D eigenvalue weighted by molar-refractivity contribution is 5.57. The molecule has 0 amide bonds. The van der Waals surface area contributed by atoms with Gasteiger partial charge in [-0.1, -0.05) is 0 Å². The van der Waals surface area contributed by atoms with E-state index in [4.69, 9.17) is 10.2 Å². The molecule has 2 N–H and O–H groups in total. The SMILES string of the molecule is Cc1nc(-c2ccoc2C)nc(C)c1CN. The van der Waals surface area contributed by atoms with Crippen LogP contribution in [0.15, 0.2) is 16.7 Å². The van der Waals surface area contributed by atoms with E-state index in [2.05, 4.69) is 9.97 Å². The minimum Gasteiger partial charge on any atom is -0.469 e. The number of nitrogens with two attached hydrogens (primary N) is 1. The van der Waals surface area contributed by atoms with E-state index in [-0.39, 0.29) is 0 Å². The average Bonchev–Trinajstić information content (AvgIpc) is 2.64. The normalized spacial score (nSPS) is 10.8. The molecule has 0 saturated heterocycles. The summed E-state index contributed by atoms with van der Waals surface area (Å²) in [6.45, 7) is 6.29. The number of rotatable bonds is 2. The van der Waals surface area contributed by atoms with Gasteiger partial charge in [0.25, 0.3) is 0 Å². The molecule has 2 aromatic rings. The highest BCUT2D eigenvalue weighted by atomic mass is 16.3. The maximum atomic E-state index is 5.65. The van der Waals surface area contributed by atoms with E-state index < -0.39 is 0 Å². The largest absolute Gasteiger partial charge is 0.469 e. The monoisotopic (exact) mass is 217 g/mol. The average molecular weight is 217 g/mol. The van der Waals surface area contributed by atoms with Gasteiger partial charge in [-0.15, -0.1) is 0 Å². The lowest BCUT2D eigenvalue weighted by molar-refractivity contribution is 0.535. The number of aryl methyl sites for hydroxylation is 3. The van der Waals surface area contributed by atoms with Crippen LogP contribution in [0.4, 0.5) is 0 Å². The van der Waals surface area contributed by atoms with Gasteiger partial charge in [0, 0.05) is 23.5 Å². The fourth-order valence-electron chi connectivity index (χ4n) is 1.77. The van der Waals surface area contributed by atoms with Crippen LogP contribution in [0.3, 0.4) is 0 Å². The van der Waals surface area contributed by atoms with Crippen LogP contribution in [0.25, 0.3) is 11.4 Å². The summed E-state index contributed by atoms with van der Waals surface area (Å²) >= 11 is 0. The van der Waals surface area contributed by atoms with Crippen molar-refractivity contribution in [1.82, 2.24) is 9.97 Å². The Labute approximate surface area is 94.5 Å². The second-order valence-corrected chi connectivity index (χ2v) is 3.79. The van der Waals surface area contributed by atoms with E-state index in [0.717, 1.165) is 28.3 Å². The molecule has 0 saturated carbocycles. The van der Waals surface area contributed by atoms with E-state index in [9.17, 15) is 0 Å². The second kappa shape index (κ2) is 4.06. The van der Waals surface area contributed by atoms with Crippen molar-refractivity contribution in [3.63, 3.8) is 0 Å². The molecule has 0 atom stereocenters. The lowest BCUT2D eigenvalue weighted by atomic mass is 10.1. The molecule has 4 nitrogen and oxygen atoms in total. The van der Waals surface area contributed by atoms with Gasteiger partial charge in [-0.05, 0) is 26.8 Å². The van der Waals surface area contributed by atoms with Crippen LogP contribution in [0, 0.1) is 20.8 Å². The maximum Gasteiger partial charge on any atom is 0.163 e. The van der Waals surface area contributed by atoms with Gasteiger partial charge in [0.15, 0.2) is 5.82 Å². The van der Waals surface area contributed by atoms with Gasteiger partial charge >= 0.3 is 0 Å². The van der Waals surface area contributed by atoms with Crippen LogP contribution in [0.2, 0.25) is 0 Å². The van der Waals surface area contributed by atoms with Crippen molar-refractivity contribution in [3.8, 4) is 11.4 Å². The van der Waals surface area contributed by atoms with Gasteiger partial charge in [0.2, 0.25) is 0 Å². The third-order valence-electron chi connectivity index (χ3n) is 2.72. The van der Waals surface area contributed by atoms with Crippen LogP contribution in [-0.2, 0) is 6.54 Å². The predicted octanol–water partition coefficient (Wildman–Crippen LogP) is 2.12. The van der Waals surface area contributed by atoms with E-state index in [1.165, 1.54) is 0 Å². The van der Waals surface area contributed by atoms with Crippen molar-refractivity contribution in [1.29, 1.82) is 0 Å². The van der Waals surface area contributed by atoms with Crippen LogP contribution >= 0.6 is 0 Å². The molecule has 0 aromatic carbocycles. The fraction of sp³-hybridized carbons (Fsp3) is 0.333. The Bertz CT molecular complexity index is 494. The Morgan fingerprint density at radius 1 is 1.19 bits per heavy atom. The molecule has 0 bridgehead atoms. The van der Waals surface area contributed by atoms with Gasteiger partial charge < -0.3 is 10.2 Å². The standard InChI is InChI=1S/C12H15N3O/c1-7-11(6-13)8(2)15-12(14-7)10-4-5-16-9(10)3/h4-5H,6,13H2,1-3H3. The minimum absolute atomic E-state index is 0.475. The first-order chi connectivity index (χ1) is 7.63. The Morgan fingerprint density at radius 3 is 2.25 bits per heavy atom. The molecule has 2 heterocycles. The van der Waals surface area contributed by atoms with Gasteiger partial charge in [-0.25, -0.2) is 9.97 Å². The van der Waals surface area contributed by atoms with Crippen LogP contribution < -0.4 is 5.73 Å². The topological polar surface area (TPSA) is 64.9 Å². The number of furan rings is 1. The zero-order valence-electron chi connectivity index (χ0n) is 9.74. The first kappa shape index (κ1) is 10.8.